The summed E-state index contributed by atoms with van der Waals surface area (Å²) in [6, 6.07) is 2.32. The van der Waals surface area contributed by atoms with E-state index in [4.69, 9.17) is 0 Å². The van der Waals surface area contributed by atoms with Crippen molar-refractivity contribution in [3.8, 4) is 0 Å². The minimum Gasteiger partial charge on any atom is -0.306 e. The molecule has 3 heteroatoms. The molecule has 0 aliphatic rings. The van der Waals surface area contributed by atoms with Gasteiger partial charge in [-0.15, -0.1) is 6.58 Å². The van der Waals surface area contributed by atoms with Gasteiger partial charge in [0.1, 0.15) is 0 Å². The van der Waals surface area contributed by atoms with E-state index in [2.05, 4.69) is 36.9 Å². The van der Waals surface area contributed by atoms with E-state index >= 15 is 0 Å². The first-order valence-electron chi connectivity index (χ1n) is 5.13. The molecule has 0 amide bonds. The van der Waals surface area contributed by atoms with Crippen molar-refractivity contribution in [2.45, 2.75) is 33.4 Å². The topological polar surface area (TPSA) is 29.9 Å². The number of hydrogen-bond acceptors (Lipinski definition) is 2. The van der Waals surface area contributed by atoms with Crippen molar-refractivity contribution in [2.75, 3.05) is 6.54 Å². The molecular formula is C11H19N3. The van der Waals surface area contributed by atoms with Crippen LogP contribution in [0.4, 0.5) is 0 Å². The van der Waals surface area contributed by atoms with Crippen molar-refractivity contribution in [3.05, 3.63) is 30.1 Å². The molecule has 1 aromatic heterocycles. The van der Waals surface area contributed by atoms with Gasteiger partial charge in [0.15, 0.2) is 0 Å². The molecule has 78 valence electrons. The van der Waals surface area contributed by atoms with Crippen LogP contribution in [0.5, 0.6) is 0 Å². The summed E-state index contributed by atoms with van der Waals surface area (Å²) < 4.78 is 2.02. The lowest BCUT2D eigenvalue weighted by Gasteiger charge is -2.14. The van der Waals surface area contributed by atoms with Gasteiger partial charge in [0.2, 0.25) is 0 Å². The maximum absolute atomic E-state index is 4.41. The Morgan fingerprint density at radius 2 is 2.36 bits per heavy atom. The molecule has 0 fully saturated rings. The third kappa shape index (κ3) is 2.23. The fraction of sp³-hybridized carbons (Fsp3) is 0.545. The molecule has 1 aromatic rings. The number of nitrogens with zero attached hydrogens (tertiary/aromatic N) is 2. The molecule has 1 N–H and O–H groups in total. The van der Waals surface area contributed by atoms with Gasteiger partial charge in [-0.2, -0.15) is 5.10 Å². The van der Waals surface area contributed by atoms with E-state index in [0.29, 0.717) is 0 Å². The Hall–Kier alpha value is -1.09. The third-order valence-electron chi connectivity index (χ3n) is 2.21. The van der Waals surface area contributed by atoms with Crippen LogP contribution in [-0.4, -0.2) is 16.3 Å². The summed E-state index contributed by atoms with van der Waals surface area (Å²) in [7, 11) is 0. The first-order valence-corrected chi connectivity index (χ1v) is 5.13. The van der Waals surface area contributed by atoms with Crippen LogP contribution in [0.2, 0.25) is 0 Å². The zero-order valence-electron chi connectivity index (χ0n) is 9.25. The van der Waals surface area contributed by atoms with Crippen LogP contribution in [0.1, 0.15) is 31.3 Å². The number of nitrogens with one attached hydrogen (secondary N) is 1. The number of aromatic nitrogens is 2. The molecule has 0 saturated carbocycles. The third-order valence-corrected chi connectivity index (χ3v) is 2.21. The minimum atomic E-state index is 0.209. The van der Waals surface area contributed by atoms with Gasteiger partial charge in [0.25, 0.3) is 0 Å². The van der Waals surface area contributed by atoms with Crippen molar-refractivity contribution in [2.24, 2.45) is 0 Å². The average Bonchev–Trinajstić information content (AvgIpc) is 2.55. The standard InChI is InChI=1S/C11H19N3/c1-5-10(12-6-2)11-8-9(4)13-14(11)7-3/h5,8,10,12H,1,6-7H2,2-4H3. The Bertz CT molecular complexity index is 301. The fourth-order valence-corrected chi connectivity index (χ4v) is 1.60. The highest BCUT2D eigenvalue weighted by molar-refractivity contribution is 5.17. The molecule has 1 unspecified atom stereocenters. The average molecular weight is 193 g/mol. The number of likely N-dealkylation sites (N-methyl/N-ethyl adjacent to an activating group) is 1. The molecule has 0 aliphatic heterocycles. The Morgan fingerprint density at radius 1 is 1.64 bits per heavy atom. The molecule has 14 heavy (non-hydrogen) atoms. The van der Waals surface area contributed by atoms with E-state index in [0.717, 1.165) is 18.8 Å². The summed E-state index contributed by atoms with van der Waals surface area (Å²) in [6.45, 7) is 11.9. The van der Waals surface area contributed by atoms with Crippen molar-refractivity contribution in [3.63, 3.8) is 0 Å². The quantitative estimate of drug-likeness (QED) is 0.725. The second-order valence-electron chi connectivity index (χ2n) is 3.30. The molecule has 0 radical (unpaired) electrons. The molecule has 1 atom stereocenters. The van der Waals surface area contributed by atoms with Crippen molar-refractivity contribution < 1.29 is 0 Å². The zero-order valence-corrected chi connectivity index (χ0v) is 9.25. The Kier molecular flexibility index (Phi) is 3.89. The first kappa shape index (κ1) is 11.0. The predicted octanol–water partition coefficient (Wildman–Crippen LogP) is 2.05. The van der Waals surface area contributed by atoms with Crippen LogP contribution >= 0.6 is 0 Å². The molecule has 3 nitrogen and oxygen atoms in total. The predicted molar refractivity (Wildman–Crippen MR) is 59.3 cm³/mol. The summed E-state index contributed by atoms with van der Waals surface area (Å²) in [5.41, 5.74) is 2.26. The lowest BCUT2D eigenvalue weighted by atomic mass is 10.2. The van der Waals surface area contributed by atoms with Crippen LogP contribution in [0.25, 0.3) is 0 Å². The SMILES string of the molecule is C=CC(NCC)c1cc(C)nn1CC. The summed E-state index contributed by atoms with van der Waals surface area (Å²) in [5.74, 6) is 0. The van der Waals surface area contributed by atoms with E-state index in [1.165, 1.54) is 5.69 Å². The summed E-state index contributed by atoms with van der Waals surface area (Å²) in [4.78, 5) is 0. The monoisotopic (exact) mass is 193 g/mol. The number of rotatable bonds is 5. The molecule has 0 aliphatic carbocycles. The summed E-state index contributed by atoms with van der Waals surface area (Å²) in [5, 5.41) is 7.77. The Morgan fingerprint density at radius 3 is 2.86 bits per heavy atom. The molecule has 0 aromatic carbocycles. The van der Waals surface area contributed by atoms with Gasteiger partial charge in [-0.25, -0.2) is 0 Å². The van der Waals surface area contributed by atoms with Crippen molar-refractivity contribution in [1.82, 2.24) is 15.1 Å². The summed E-state index contributed by atoms with van der Waals surface area (Å²) >= 11 is 0. The second-order valence-corrected chi connectivity index (χ2v) is 3.30. The van der Waals surface area contributed by atoms with Crippen LogP contribution in [-0.2, 0) is 6.54 Å². The normalized spacial score (nSPS) is 12.8. The van der Waals surface area contributed by atoms with Crippen LogP contribution < -0.4 is 5.32 Å². The number of aryl methyl sites for hydroxylation is 2. The van der Waals surface area contributed by atoms with Gasteiger partial charge in [0, 0.05) is 6.54 Å². The van der Waals surface area contributed by atoms with E-state index in [1.54, 1.807) is 0 Å². The van der Waals surface area contributed by atoms with Crippen LogP contribution in [0.3, 0.4) is 0 Å². The van der Waals surface area contributed by atoms with E-state index < -0.39 is 0 Å². The van der Waals surface area contributed by atoms with Gasteiger partial charge >= 0.3 is 0 Å². The maximum Gasteiger partial charge on any atom is 0.0675 e. The molecule has 0 bridgehead atoms. The van der Waals surface area contributed by atoms with Gasteiger partial charge in [-0.1, -0.05) is 13.0 Å². The highest BCUT2D eigenvalue weighted by Gasteiger charge is 2.11. The first-order chi connectivity index (χ1) is 6.72. The van der Waals surface area contributed by atoms with Crippen LogP contribution in [0, 0.1) is 6.92 Å². The van der Waals surface area contributed by atoms with Crippen LogP contribution in [0.15, 0.2) is 18.7 Å². The largest absolute Gasteiger partial charge is 0.306 e. The Balaban J connectivity index is 2.95. The highest BCUT2D eigenvalue weighted by Crippen LogP contribution is 2.15. The highest BCUT2D eigenvalue weighted by atomic mass is 15.3. The molecule has 0 saturated heterocycles. The molecular weight excluding hydrogens is 174 g/mol. The minimum absolute atomic E-state index is 0.209. The molecule has 1 heterocycles. The van der Waals surface area contributed by atoms with Gasteiger partial charge in [-0.3, -0.25) is 4.68 Å². The zero-order chi connectivity index (χ0) is 10.6. The maximum atomic E-state index is 4.41. The lowest BCUT2D eigenvalue weighted by molar-refractivity contribution is 0.551. The van der Waals surface area contributed by atoms with E-state index in [-0.39, 0.29) is 6.04 Å². The lowest BCUT2D eigenvalue weighted by Crippen LogP contribution is -2.21. The molecule has 1 rings (SSSR count). The summed E-state index contributed by atoms with van der Waals surface area (Å²) in [6.07, 6.45) is 1.92. The van der Waals surface area contributed by atoms with Crippen molar-refractivity contribution >= 4 is 0 Å². The van der Waals surface area contributed by atoms with Gasteiger partial charge in [-0.05, 0) is 26.5 Å². The smallest absolute Gasteiger partial charge is 0.0675 e. The second kappa shape index (κ2) is 4.96. The number of hydrogen-bond donors (Lipinski definition) is 1. The fourth-order valence-electron chi connectivity index (χ4n) is 1.60. The van der Waals surface area contributed by atoms with Gasteiger partial charge < -0.3 is 5.32 Å². The molecule has 0 spiro atoms. The van der Waals surface area contributed by atoms with E-state index in [1.807, 2.05) is 17.7 Å². The van der Waals surface area contributed by atoms with Crippen molar-refractivity contribution in [1.29, 1.82) is 0 Å². The van der Waals surface area contributed by atoms with Gasteiger partial charge in [0.05, 0.1) is 17.4 Å². The Labute approximate surface area is 85.8 Å². The van der Waals surface area contributed by atoms with E-state index in [9.17, 15) is 0 Å².